The molecule has 7 nitrogen and oxygen atoms in total. The number of halogens is 1. The second-order valence-corrected chi connectivity index (χ2v) is 8.85. The Balaban J connectivity index is 1.47. The standard InChI is InChI=1S/C27H25FN4O3/c28-20-13-16(26(30)33)8-9-19(20)24-14-23-25(35-24)18(10-11-31-23)15-4-3-5-17(12-15)27(34)32-22-7-2-1-6-21(22)29/h3-5,8-14,21-22H,1-2,6-7,29H2,(H2,30,33)(H,32,34). The number of primary amides is 1. The zero-order chi connectivity index (χ0) is 24.5. The van der Waals surface area contributed by atoms with E-state index in [0.29, 0.717) is 16.7 Å². The van der Waals surface area contributed by atoms with E-state index in [2.05, 4.69) is 10.3 Å². The molecule has 5 rings (SSSR count). The smallest absolute Gasteiger partial charge is 0.251 e. The van der Waals surface area contributed by atoms with Crippen LogP contribution in [-0.4, -0.2) is 28.9 Å². The number of pyridine rings is 1. The van der Waals surface area contributed by atoms with Crippen LogP contribution in [0.15, 0.2) is 65.2 Å². The van der Waals surface area contributed by atoms with Crippen LogP contribution in [0.25, 0.3) is 33.6 Å². The van der Waals surface area contributed by atoms with Gasteiger partial charge in [-0.3, -0.25) is 14.6 Å². The summed E-state index contributed by atoms with van der Waals surface area (Å²) in [5, 5.41) is 3.07. The van der Waals surface area contributed by atoms with Crippen LogP contribution in [0.4, 0.5) is 4.39 Å². The molecule has 1 fully saturated rings. The fraction of sp³-hybridized carbons (Fsp3) is 0.222. The molecule has 4 aromatic rings. The highest BCUT2D eigenvalue weighted by atomic mass is 19.1. The van der Waals surface area contributed by atoms with E-state index >= 15 is 0 Å². The van der Waals surface area contributed by atoms with Gasteiger partial charge in [0.25, 0.3) is 5.91 Å². The minimum atomic E-state index is -0.710. The molecule has 0 radical (unpaired) electrons. The Morgan fingerprint density at radius 1 is 1.00 bits per heavy atom. The highest BCUT2D eigenvalue weighted by Gasteiger charge is 2.24. The molecule has 2 aromatic heterocycles. The molecule has 2 amide bonds. The normalized spacial score (nSPS) is 17.9. The number of carbonyl (C=O) groups excluding carboxylic acids is 2. The molecule has 8 heteroatoms. The molecule has 2 unspecified atom stereocenters. The largest absolute Gasteiger partial charge is 0.454 e. The molecule has 5 N–H and O–H groups in total. The van der Waals surface area contributed by atoms with Crippen molar-refractivity contribution in [3.8, 4) is 22.5 Å². The van der Waals surface area contributed by atoms with Crippen molar-refractivity contribution < 1.29 is 18.4 Å². The van der Waals surface area contributed by atoms with E-state index in [1.165, 1.54) is 12.1 Å². The van der Waals surface area contributed by atoms with Crippen LogP contribution < -0.4 is 16.8 Å². The monoisotopic (exact) mass is 472 g/mol. The van der Waals surface area contributed by atoms with Crippen molar-refractivity contribution in [3.05, 3.63) is 77.7 Å². The number of hydrogen-bond donors (Lipinski definition) is 3. The van der Waals surface area contributed by atoms with Gasteiger partial charge in [0.15, 0.2) is 5.58 Å². The van der Waals surface area contributed by atoms with Crippen LogP contribution in [0.1, 0.15) is 46.4 Å². The topological polar surface area (TPSA) is 124 Å². The fourth-order valence-electron chi connectivity index (χ4n) is 4.58. The van der Waals surface area contributed by atoms with E-state index < -0.39 is 11.7 Å². The quantitative estimate of drug-likeness (QED) is 0.397. The van der Waals surface area contributed by atoms with Gasteiger partial charge in [0.1, 0.15) is 17.1 Å². The SMILES string of the molecule is NC(=O)c1ccc(-c2cc3nccc(-c4cccc(C(=O)NC5CCCCC5N)c4)c3o2)c(F)c1. The van der Waals surface area contributed by atoms with E-state index in [4.69, 9.17) is 15.9 Å². The van der Waals surface area contributed by atoms with Crippen LogP contribution in [0.3, 0.4) is 0 Å². The Bertz CT molecular complexity index is 1430. The van der Waals surface area contributed by atoms with E-state index in [0.717, 1.165) is 42.9 Å². The summed E-state index contributed by atoms with van der Waals surface area (Å²) in [5.74, 6) is -1.23. The molecule has 1 saturated carbocycles. The van der Waals surface area contributed by atoms with Gasteiger partial charge in [0.05, 0.1) is 5.56 Å². The van der Waals surface area contributed by atoms with Crippen LogP contribution in [0.5, 0.6) is 0 Å². The number of carbonyl (C=O) groups is 2. The van der Waals surface area contributed by atoms with Gasteiger partial charge in [-0.2, -0.15) is 0 Å². The molecule has 178 valence electrons. The van der Waals surface area contributed by atoms with Gasteiger partial charge in [-0.25, -0.2) is 4.39 Å². The van der Waals surface area contributed by atoms with Gasteiger partial charge >= 0.3 is 0 Å². The minimum absolute atomic E-state index is 0.0315. The van der Waals surface area contributed by atoms with E-state index in [9.17, 15) is 14.0 Å². The highest BCUT2D eigenvalue weighted by molar-refractivity contribution is 5.98. The summed E-state index contributed by atoms with van der Waals surface area (Å²) >= 11 is 0. The first-order valence-corrected chi connectivity index (χ1v) is 11.6. The lowest BCUT2D eigenvalue weighted by Crippen LogP contribution is -2.49. The summed E-state index contributed by atoms with van der Waals surface area (Å²) < 4.78 is 20.7. The number of rotatable bonds is 5. The fourth-order valence-corrected chi connectivity index (χ4v) is 4.58. The van der Waals surface area contributed by atoms with E-state index in [-0.39, 0.29) is 34.9 Å². The molecule has 1 aliphatic rings. The van der Waals surface area contributed by atoms with Crippen molar-refractivity contribution in [3.63, 3.8) is 0 Å². The average Bonchev–Trinajstić information content (AvgIpc) is 3.29. The van der Waals surface area contributed by atoms with Crippen molar-refractivity contribution >= 4 is 22.9 Å². The lowest BCUT2D eigenvalue weighted by molar-refractivity contribution is 0.0920. The predicted molar refractivity (Wildman–Crippen MR) is 131 cm³/mol. The number of furan rings is 1. The Hall–Kier alpha value is -4.04. The van der Waals surface area contributed by atoms with Crippen LogP contribution in [0, 0.1) is 5.82 Å². The van der Waals surface area contributed by atoms with Gasteiger partial charge in [0.2, 0.25) is 5.91 Å². The maximum absolute atomic E-state index is 14.7. The van der Waals surface area contributed by atoms with E-state index in [1.54, 1.807) is 30.5 Å². The summed E-state index contributed by atoms with van der Waals surface area (Å²) in [7, 11) is 0. The number of benzene rings is 2. The number of nitrogens with one attached hydrogen (secondary N) is 1. The zero-order valence-corrected chi connectivity index (χ0v) is 19.0. The van der Waals surface area contributed by atoms with Crippen LogP contribution >= 0.6 is 0 Å². The average molecular weight is 473 g/mol. The maximum atomic E-state index is 14.7. The van der Waals surface area contributed by atoms with Gasteiger partial charge in [-0.05, 0) is 54.8 Å². The molecule has 35 heavy (non-hydrogen) atoms. The summed E-state index contributed by atoms with van der Waals surface area (Å²) in [4.78, 5) is 28.6. The van der Waals surface area contributed by atoms with Crippen LogP contribution in [-0.2, 0) is 0 Å². The number of nitrogens with two attached hydrogens (primary N) is 2. The molecule has 2 atom stereocenters. The third kappa shape index (κ3) is 4.52. The molecule has 0 aliphatic heterocycles. The van der Waals surface area contributed by atoms with Crippen molar-refractivity contribution in [2.45, 2.75) is 37.8 Å². The van der Waals surface area contributed by atoms with Crippen molar-refractivity contribution in [1.82, 2.24) is 10.3 Å². The summed E-state index contributed by atoms with van der Waals surface area (Å²) in [6.07, 6.45) is 5.57. The summed E-state index contributed by atoms with van der Waals surface area (Å²) in [5.41, 5.74) is 14.7. The molecule has 0 saturated heterocycles. The Morgan fingerprint density at radius 2 is 1.83 bits per heavy atom. The van der Waals surface area contributed by atoms with Gasteiger partial charge < -0.3 is 21.2 Å². The number of amides is 2. The molecule has 2 heterocycles. The third-order valence-corrected chi connectivity index (χ3v) is 6.50. The molecular weight excluding hydrogens is 447 g/mol. The highest BCUT2D eigenvalue weighted by Crippen LogP contribution is 2.35. The Morgan fingerprint density at radius 3 is 2.60 bits per heavy atom. The number of fused-ring (bicyclic) bond motifs is 1. The predicted octanol–water partition coefficient (Wildman–Crippen LogP) is 4.40. The molecular formula is C27H25FN4O3. The van der Waals surface area contributed by atoms with E-state index in [1.807, 2.05) is 12.1 Å². The maximum Gasteiger partial charge on any atom is 0.251 e. The zero-order valence-electron chi connectivity index (χ0n) is 19.0. The molecule has 0 bridgehead atoms. The van der Waals surface area contributed by atoms with Crippen molar-refractivity contribution in [2.75, 3.05) is 0 Å². The molecule has 1 aliphatic carbocycles. The first kappa shape index (κ1) is 22.7. The number of aromatic nitrogens is 1. The van der Waals surface area contributed by atoms with Crippen molar-refractivity contribution in [2.24, 2.45) is 11.5 Å². The second-order valence-electron chi connectivity index (χ2n) is 8.85. The van der Waals surface area contributed by atoms with Gasteiger partial charge in [0, 0.05) is 41.0 Å². The first-order valence-electron chi connectivity index (χ1n) is 11.6. The van der Waals surface area contributed by atoms with Crippen molar-refractivity contribution in [1.29, 1.82) is 0 Å². The first-order chi connectivity index (χ1) is 16.9. The summed E-state index contributed by atoms with van der Waals surface area (Å²) in [6.45, 7) is 0. The lowest BCUT2D eigenvalue weighted by Gasteiger charge is -2.29. The second kappa shape index (κ2) is 9.31. The number of hydrogen-bond acceptors (Lipinski definition) is 5. The lowest BCUT2D eigenvalue weighted by atomic mass is 9.91. The Labute approximate surface area is 201 Å². The molecule has 2 aromatic carbocycles. The van der Waals surface area contributed by atoms with Crippen LogP contribution in [0.2, 0.25) is 0 Å². The summed E-state index contributed by atoms with van der Waals surface area (Å²) in [6, 6.07) is 14.6. The minimum Gasteiger partial charge on any atom is -0.454 e. The Kier molecular flexibility index (Phi) is 6.05. The third-order valence-electron chi connectivity index (χ3n) is 6.50. The molecule has 0 spiro atoms. The number of nitrogens with zero attached hydrogens (tertiary/aromatic N) is 1. The van der Waals surface area contributed by atoms with Gasteiger partial charge in [-0.1, -0.05) is 25.0 Å². The van der Waals surface area contributed by atoms with Gasteiger partial charge in [-0.15, -0.1) is 0 Å².